The average Bonchev–Trinajstić information content (AvgIpc) is 2.97. The summed E-state index contributed by atoms with van der Waals surface area (Å²) in [6.45, 7) is 0.457. The van der Waals surface area contributed by atoms with Crippen molar-refractivity contribution < 1.29 is 4.79 Å². The van der Waals surface area contributed by atoms with Crippen LogP contribution < -0.4 is 0 Å². The third-order valence-corrected chi connectivity index (χ3v) is 3.66. The van der Waals surface area contributed by atoms with Gasteiger partial charge in [0.05, 0.1) is 6.54 Å². The van der Waals surface area contributed by atoms with Crippen LogP contribution in [0.15, 0.2) is 54.7 Å². The van der Waals surface area contributed by atoms with Crippen LogP contribution in [-0.4, -0.2) is 32.5 Å². The molecular formula is C17H18N4O. The predicted octanol–water partition coefficient (Wildman–Crippen LogP) is 2.32. The van der Waals surface area contributed by atoms with Crippen molar-refractivity contribution in [2.75, 3.05) is 7.05 Å². The highest BCUT2D eigenvalue weighted by molar-refractivity contribution is 5.76. The van der Waals surface area contributed by atoms with Crippen LogP contribution in [0.3, 0.4) is 0 Å². The second kappa shape index (κ2) is 6.39. The Balaban J connectivity index is 1.61. The maximum absolute atomic E-state index is 12.2. The van der Waals surface area contributed by atoms with Gasteiger partial charge in [-0.05, 0) is 24.1 Å². The van der Waals surface area contributed by atoms with E-state index in [1.807, 2.05) is 59.1 Å². The van der Waals surface area contributed by atoms with Crippen LogP contribution in [0.4, 0.5) is 0 Å². The standard InChI is InChI=1S/C17H18N4O/c1-20(17(22)11-10-14-7-3-2-4-8-14)13-16-19-18-15-9-5-6-12-21(15)16/h2-9,12H,10-11,13H2,1H3. The summed E-state index contributed by atoms with van der Waals surface area (Å²) in [4.78, 5) is 13.9. The first-order chi connectivity index (χ1) is 10.7. The molecule has 5 nitrogen and oxygen atoms in total. The molecule has 0 aliphatic heterocycles. The number of carbonyl (C=O) groups is 1. The summed E-state index contributed by atoms with van der Waals surface area (Å²) in [6.07, 6.45) is 3.16. The van der Waals surface area contributed by atoms with E-state index >= 15 is 0 Å². The minimum atomic E-state index is 0.108. The summed E-state index contributed by atoms with van der Waals surface area (Å²) in [5.74, 6) is 0.877. The SMILES string of the molecule is CN(Cc1nnc2ccccn12)C(=O)CCc1ccccc1. The highest BCUT2D eigenvalue weighted by Crippen LogP contribution is 2.08. The van der Waals surface area contributed by atoms with Gasteiger partial charge in [0.15, 0.2) is 11.5 Å². The number of amides is 1. The van der Waals surface area contributed by atoms with E-state index in [1.54, 1.807) is 11.9 Å². The molecule has 0 saturated carbocycles. The van der Waals surface area contributed by atoms with Crippen molar-refractivity contribution in [2.45, 2.75) is 19.4 Å². The lowest BCUT2D eigenvalue weighted by Crippen LogP contribution is -2.27. The minimum absolute atomic E-state index is 0.108. The summed E-state index contributed by atoms with van der Waals surface area (Å²) in [7, 11) is 1.80. The van der Waals surface area contributed by atoms with Gasteiger partial charge < -0.3 is 4.90 Å². The van der Waals surface area contributed by atoms with E-state index in [0.717, 1.165) is 17.9 Å². The van der Waals surface area contributed by atoms with Gasteiger partial charge in [-0.3, -0.25) is 9.20 Å². The van der Waals surface area contributed by atoms with E-state index in [0.29, 0.717) is 13.0 Å². The first-order valence-electron chi connectivity index (χ1n) is 7.30. The quantitative estimate of drug-likeness (QED) is 0.725. The lowest BCUT2D eigenvalue weighted by Gasteiger charge is -2.16. The van der Waals surface area contributed by atoms with E-state index in [9.17, 15) is 4.79 Å². The van der Waals surface area contributed by atoms with Crippen LogP contribution in [0.25, 0.3) is 5.65 Å². The largest absolute Gasteiger partial charge is 0.338 e. The number of pyridine rings is 1. The zero-order valence-corrected chi connectivity index (χ0v) is 12.5. The number of carbonyl (C=O) groups excluding carboxylic acids is 1. The molecule has 0 N–H and O–H groups in total. The van der Waals surface area contributed by atoms with Crippen LogP contribution in [0.5, 0.6) is 0 Å². The fourth-order valence-electron chi connectivity index (χ4n) is 2.39. The molecule has 0 aliphatic carbocycles. The van der Waals surface area contributed by atoms with Crippen molar-refractivity contribution in [3.05, 3.63) is 66.1 Å². The molecule has 5 heteroatoms. The van der Waals surface area contributed by atoms with Gasteiger partial charge in [0, 0.05) is 19.7 Å². The molecule has 0 radical (unpaired) electrons. The van der Waals surface area contributed by atoms with Crippen LogP contribution in [0.1, 0.15) is 17.8 Å². The molecule has 2 heterocycles. The van der Waals surface area contributed by atoms with Crippen molar-refractivity contribution in [3.63, 3.8) is 0 Å². The lowest BCUT2D eigenvalue weighted by atomic mass is 10.1. The number of aromatic nitrogens is 3. The zero-order valence-electron chi connectivity index (χ0n) is 12.5. The summed E-state index contributed by atoms with van der Waals surface area (Å²) in [6, 6.07) is 15.8. The van der Waals surface area contributed by atoms with Gasteiger partial charge >= 0.3 is 0 Å². The highest BCUT2D eigenvalue weighted by Gasteiger charge is 2.13. The Hall–Kier alpha value is -2.69. The Labute approximate surface area is 129 Å². The molecule has 0 fully saturated rings. The number of nitrogens with zero attached hydrogens (tertiary/aromatic N) is 4. The monoisotopic (exact) mass is 294 g/mol. The number of aryl methyl sites for hydroxylation is 1. The van der Waals surface area contributed by atoms with Crippen molar-refractivity contribution in [2.24, 2.45) is 0 Å². The van der Waals surface area contributed by atoms with Crippen LogP contribution >= 0.6 is 0 Å². The Bertz CT molecular complexity index is 766. The molecule has 2 aromatic heterocycles. The van der Waals surface area contributed by atoms with Gasteiger partial charge in [0.25, 0.3) is 0 Å². The Morgan fingerprint density at radius 2 is 1.86 bits per heavy atom. The van der Waals surface area contributed by atoms with E-state index in [4.69, 9.17) is 0 Å². The minimum Gasteiger partial charge on any atom is -0.338 e. The van der Waals surface area contributed by atoms with Crippen molar-refractivity contribution in [3.8, 4) is 0 Å². The lowest BCUT2D eigenvalue weighted by molar-refractivity contribution is -0.130. The molecule has 0 spiro atoms. The smallest absolute Gasteiger partial charge is 0.223 e. The van der Waals surface area contributed by atoms with Gasteiger partial charge in [-0.25, -0.2) is 0 Å². The number of hydrogen-bond donors (Lipinski definition) is 0. The normalized spacial score (nSPS) is 10.8. The number of hydrogen-bond acceptors (Lipinski definition) is 3. The fraction of sp³-hybridized carbons (Fsp3) is 0.235. The topological polar surface area (TPSA) is 50.5 Å². The molecule has 0 unspecified atom stereocenters. The molecule has 22 heavy (non-hydrogen) atoms. The van der Waals surface area contributed by atoms with E-state index in [1.165, 1.54) is 5.56 Å². The molecule has 112 valence electrons. The van der Waals surface area contributed by atoms with Gasteiger partial charge in [-0.15, -0.1) is 10.2 Å². The molecular weight excluding hydrogens is 276 g/mol. The molecule has 1 amide bonds. The highest BCUT2D eigenvalue weighted by atomic mass is 16.2. The molecule has 0 bridgehead atoms. The van der Waals surface area contributed by atoms with Crippen molar-refractivity contribution >= 4 is 11.6 Å². The Kier molecular flexibility index (Phi) is 4.14. The summed E-state index contributed by atoms with van der Waals surface area (Å²) < 4.78 is 1.90. The van der Waals surface area contributed by atoms with E-state index < -0.39 is 0 Å². The molecule has 0 aliphatic rings. The van der Waals surface area contributed by atoms with Crippen LogP contribution in [-0.2, 0) is 17.8 Å². The summed E-state index contributed by atoms with van der Waals surface area (Å²) in [5, 5.41) is 8.25. The Morgan fingerprint density at radius 1 is 1.09 bits per heavy atom. The zero-order chi connectivity index (χ0) is 15.4. The van der Waals surface area contributed by atoms with Gasteiger partial charge in [-0.1, -0.05) is 36.4 Å². The van der Waals surface area contributed by atoms with Crippen molar-refractivity contribution in [1.82, 2.24) is 19.5 Å². The number of benzene rings is 1. The molecule has 3 rings (SSSR count). The predicted molar refractivity (Wildman–Crippen MR) is 84.2 cm³/mol. The molecule has 3 aromatic rings. The van der Waals surface area contributed by atoms with Gasteiger partial charge in [0.1, 0.15) is 0 Å². The molecule has 0 saturated heterocycles. The third-order valence-electron chi connectivity index (χ3n) is 3.66. The second-order valence-corrected chi connectivity index (χ2v) is 5.28. The van der Waals surface area contributed by atoms with Gasteiger partial charge in [0.2, 0.25) is 5.91 Å². The van der Waals surface area contributed by atoms with E-state index in [-0.39, 0.29) is 5.91 Å². The first-order valence-corrected chi connectivity index (χ1v) is 7.30. The van der Waals surface area contributed by atoms with Gasteiger partial charge in [-0.2, -0.15) is 0 Å². The third kappa shape index (κ3) is 3.14. The van der Waals surface area contributed by atoms with Crippen LogP contribution in [0.2, 0.25) is 0 Å². The molecule has 0 atom stereocenters. The van der Waals surface area contributed by atoms with Crippen LogP contribution in [0, 0.1) is 0 Å². The number of rotatable bonds is 5. The first kappa shape index (κ1) is 14.3. The maximum atomic E-state index is 12.2. The Morgan fingerprint density at radius 3 is 2.68 bits per heavy atom. The summed E-state index contributed by atoms with van der Waals surface area (Å²) in [5.41, 5.74) is 1.97. The number of fused-ring (bicyclic) bond motifs is 1. The summed E-state index contributed by atoms with van der Waals surface area (Å²) >= 11 is 0. The van der Waals surface area contributed by atoms with E-state index in [2.05, 4.69) is 10.2 Å². The fourth-order valence-corrected chi connectivity index (χ4v) is 2.39. The average molecular weight is 294 g/mol. The second-order valence-electron chi connectivity index (χ2n) is 5.28. The maximum Gasteiger partial charge on any atom is 0.223 e. The molecule has 1 aromatic carbocycles. The van der Waals surface area contributed by atoms with Crippen molar-refractivity contribution in [1.29, 1.82) is 0 Å².